The fourth-order valence-corrected chi connectivity index (χ4v) is 2.49. The highest BCUT2D eigenvalue weighted by Gasteiger charge is 2.27. The van der Waals surface area contributed by atoms with Crippen LogP contribution in [0.4, 0.5) is 0 Å². The van der Waals surface area contributed by atoms with Crippen LogP contribution in [-0.4, -0.2) is 48.8 Å². The molecular formula is C12H23NO3. The highest BCUT2D eigenvalue weighted by atomic mass is 16.5. The van der Waals surface area contributed by atoms with E-state index in [4.69, 9.17) is 9.84 Å². The van der Waals surface area contributed by atoms with Gasteiger partial charge < -0.3 is 9.84 Å². The Balaban J connectivity index is 2.56. The Kier molecular flexibility index (Phi) is 5.77. The van der Waals surface area contributed by atoms with Gasteiger partial charge in [-0.05, 0) is 31.8 Å². The van der Waals surface area contributed by atoms with Crippen molar-refractivity contribution < 1.29 is 14.6 Å². The van der Waals surface area contributed by atoms with E-state index in [2.05, 4.69) is 11.8 Å². The number of hydrogen-bond acceptors (Lipinski definition) is 3. The van der Waals surface area contributed by atoms with Gasteiger partial charge in [0.25, 0.3) is 0 Å². The second-order valence-electron chi connectivity index (χ2n) is 4.69. The number of rotatable bonds is 6. The van der Waals surface area contributed by atoms with Crippen LogP contribution in [0.25, 0.3) is 0 Å². The van der Waals surface area contributed by atoms with Crippen molar-refractivity contribution in [2.24, 2.45) is 5.92 Å². The van der Waals surface area contributed by atoms with E-state index in [1.54, 1.807) is 7.11 Å². The molecule has 94 valence electrons. The van der Waals surface area contributed by atoms with Gasteiger partial charge in [0.05, 0.1) is 13.0 Å². The highest BCUT2D eigenvalue weighted by Crippen LogP contribution is 2.20. The van der Waals surface area contributed by atoms with Crippen LogP contribution in [0.1, 0.15) is 32.6 Å². The second kappa shape index (κ2) is 6.86. The summed E-state index contributed by atoms with van der Waals surface area (Å²) in [6, 6.07) is 0.123. The zero-order valence-electron chi connectivity index (χ0n) is 10.3. The van der Waals surface area contributed by atoms with E-state index in [1.165, 1.54) is 19.3 Å². The lowest BCUT2D eigenvalue weighted by Gasteiger charge is -2.37. The summed E-state index contributed by atoms with van der Waals surface area (Å²) in [5.74, 6) is -0.433. The van der Waals surface area contributed by atoms with Crippen molar-refractivity contribution in [3.05, 3.63) is 0 Å². The molecule has 0 aliphatic carbocycles. The van der Waals surface area contributed by atoms with Crippen molar-refractivity contribution in [3.63, 3.8) is 0 Å². The highest BCUT2D eigenvalue weighted by molar-refractivity contribution is 5.67. The predicted molar refractivity (Wildman–Crippen MR) is 62.5 cm³/mol. The molecule has 1 saturated heterocycles. The van der Waals surface area contributed by atoms with Gasteiger partial charge in [0, 0.05) is 13.2 Å². The molecule has 1 fully saturated rings. The largest absolute Gasteiger partial charge is 0.481 e. The lowest BCUT2D eigenvalue weighted by atomic mass is 9.95. The quantitative estimate of drug-likeness (QED) is 0.751. The molecule has 1 rings (SSSR count). The van der Waals surface area contributed by atoms with Crippen molar-refractivity contribution in [2.45, 2.75) is 38.6 Å². The first-order chi connectivity index (χ1) is 7.65. The molecule has 0 spiro atoms. The summed E-state index contributed by atoms with van der Waals surface area (Å²) in [7, 11) is 1.67. The van der Waals surface area contributed by atoms with E-state index < -0.39 is 5.97 Å². The average molecular weight is 229 g/mol. The van der Waals surface area contributed by atoms with Crippen LogP contribution >= 0.6 is 0 Å². The topological polar surface area (TPSA) is 49.8 Å². The molecule has 0 bridgehead atoms. The Morgan fingerprint density at radius 1 is 1.38 bits per heavy atom. The molecule has 0 saturated carbocycles. The first kappa shape index (κ1) is 13.5. The lowest BCUT2D eigenvalue weighted by Crippen LogP contribution is -2.45. The summed E-state index contributed by atoms with van der Waals surface area (Å²) in [6.45, 7) is 4.78. The summed E-state index contributed by atoms with van der Waals surface area (Å²) in [6.07, 6.45) is 3.88. The van der Waals surface area contributed by atoms with Crippen molar-refractivity contribution in [1.82, 2.24) is 4.90 Å². The second-order valence-corrected chi connectivity index (χ2v) is 4.69. The summed E-state index contributed by atoms with van der Waals surface area (Å²) >= 11 is 0. The third kappa shape index (κ3) is 4.10. The van der Waals surface area contributed by atoms with E-state index in [0.29, 0.717) is 6.61 Å². The number of carbonyl (C=O) groups is 1. The fraction of sp³-hybridized carbons (Fsp3) is 0.917. The van der Waals surface area contributed by atoms with Gasteiger partial charge in [-0.3, -0.25) is 9.69 Å². The van der Waals surface area contributed by atoms with Gasteiger partial charge in [0.15, 0.2) is 0 Å². The Hall–Kier alpha value is -0.610. The minimum Gasteiger partial charge on any atom is -0.481 e. The average Bonchev–Trinajstić information content (AvgIpc) is 2.27. The molecule has 1 aliphatic rings. The van der Waals surface area contributed by atoms with Gasteiger partial charge in [-0.1, -0.05) is 13.3 Å². The molecule has 0 aromatic carbocycles. The monoisotopic (exact) mass is 229 g/mol. The molecule has 0 radical (unpaired) electrons. The number of carboxylic acid groups (broad SMARTS) is 1. The maximum atomic E-state index is 10.9. The Morgan fingerprint density at radius 2 is 2.00 bits per heavy atom. The predicted octanol–water partition coefficient (Wildman–Crippen LogP) is 1.60. The van der Waals surface area contributed by atoms with Gasteiger partial charge in [-0.25, -0.2) is 0 Å². The first-order valence-electron chi connectivity index (χ1n) is 6.10. The fourth-order valence-electron chi connectivity index (χ4n) is 2.49. The van der Waals surface area contributed by atoms with Crippen LogP contribution in [0.5, 0.6) is 0 Å². The molecule has 1 aliphatic heterocycles. The minimum absolute atomic E-state index is 0.123. The zero-order valence-corrected chi connectivity index (χ0v) is 10.3. The summed E-state index contributed by atoms with van der Waals surface area (Å²) < 4.78 is 5.14. The van der Waals surface area contributed by atoms with Gasteiger partial charge in [0.1, 0.15) is 0 Å². The molecule has 1 heterocycles. The molecule has 4 nitrogen and oxygen atoms in total. The number of hydrogen-bond donors (Lipinski definition) is 1. The maximum Gasteiger partial charge on any atom is 0.304 e. The molecule has 2 unspecified atom stereocenters. The first-order valence-corrected chi connectivity index (χ1v) is 6.10. The van der Waals surface area contributed by atoms with Crippen LogP contribution in [0.2, 0.25) is 0 Å². The number of piperidine rings is 1. The summed E-state index contributed by atoms with van der Waals surface area (Å²) in [5.41, 5.74) is 0. The standard InChI is InChI=1S/C12H23NO3/c1-10(9-16-2)11(8-12(14)15)13-6-4-3-5-7-13/h10-11H,3-9H2,1-2H3,(H,14,15). The van der Waals surface area contributed by atoms with Crippen LogP contribution < -0.4 is 0 Å². The molecule has 2 atom stereocenters. The summed E-state index contributed by atoms with van der Waals surface area (Å²) in [4.78, 5) is 13.2. The molecule has 0 aromatic rings. The van der Waals surface area contributed by atoms with E-state index in [-0.39, 0.29) is 18.4 Å². The number of aliphatic carboxylic acids is 1. The van der Waals surface area contributed by atoms with Crippen molar-refractivity contribution >= 4 is 5.97 Å². The number of likely N-dealkylation sites (tertiary alicyclic amines) is 1. The normalized spacial score (nSPS) is 21.6. The zero-order chi connectivity index (χ0) is 12.0. The van der Waals surface area contributed by atoms with Crippen molar-refractivity contribution in [2.75, 3.05) is 26.8 Å². The lowest BCUT2D eigenvalue weighted by molar-refractivity contribution is -0.139. The molecule has 4 heteroatoms. The van der Waals surface area contributed by atoms with Crippen LogP contribution in [0.3, 0.4) is 0 Å². The maximum absolute atomic E-state index is 10.9. The number of nitrogens with zero attached hydrogens (tertiary/aromatic N) is 1. The molecule has 16 heavy (non-hydrogen) atoms. The number of methoxy groups -OCH3 is 1. The van der Waals surface area contributed by atoms with Crippen LogP contribution in [-0.2, 0) is 9.53 Å². The molecular weight excluding hydrogens is 206 g/mol. The van der Waals surface area contributed by atoms with Gasteiger partial charge in [-0.2, -0.15) is 0 Å². The number of ether oxygens (including phenoxy) is 1. The van der Waals surface area contributed by atoms with E-state index in [1.807, 2.05) is 0 Å². The number of carboxylic acids is 1. The Morgan fingerprint density at radius 3 is 2.50 bits per heavy atom. The van der Waals surface area contributed by atoms with E-state index in [9.17, 15) is 4.79 Å². The molecule has 0 amide bonds. The van der Waals surface area contributed by atoms with Gasteiger partial charge in [0.2, 0.25) is 0 Å². The van der Waals surface area contributed by atoms with E-state index >= 15 is 0 Å². The molecule has 1 N–H and O–H groups in total. The molecule has 0 aromatic heterocycles. The smallest absolute Gasteiger partial charge is 0.304 e. The van der Waals surface area contributed by atoms with Crippen molar-refractivity contribution in [3.8, 4) is 0 Å². The van der Waals surface area contributed by atoms with Crippen molar-refractivity contribution in [1.29, 1.82) is 0 Å². The van der Waals surface area contributed by atoms with Gasteiger partial charge in [-0.15, -0.1) is 0 Å². The minimum atomic E-state index is -0.710. The Labute approximate surface area is 97.6 Å². The third-order valence-electron chi connectivity index (χ3n) is 3.33. The van der Waals surface area contributed by atoms with E-state index in [0.717, 1.165) is 13.1 Å². The van der Waals surface area contributed by atoms with Gasteiger partial charge >= 0.3 is 5.97 Å². The van der Waals surface area contributed by atoms with Crippen LogP contribution in [0.15, 0.2) is 0 Å². The van der Waals surface area contributed by atoms with Crippen LogP contribution in [0, 0.1) is 5.92 Å². The SMILES string of the molecule is COCC(C)C(CC(=O)O)N1CCCCC1. The third-order valence-corrected chi connectivity index (χ3v) is 3.33. The summed E-state index contributed by atoms with van der Waals surface area (Å²) in [5, 5.41) is 8.96. The Bertz CT molecular complexity index is 214.